The molecule has 0 saturated carbocycles. The molecule has 2 atom stereocenters. The van der Waals surface area contributed by atoms with Crippen LogP contribution in [-0.4, -0.2) is 42.2 Å². The van der Waals surface area contributed by atoms with Crippen LogP contribution in [0.25, 0.3) is 0 Å². The second-order valence-electron chi connectivity index (χ2n) is 5.05. The number of hydrogen-bond acceptors (Lipinski definition) is 3. The zero-order valence-corrected chi connectivity index (χ0v) is 14.3. The van der Waals surface area contributed by atoms with Crippen LogP contribution in [0.15, 0.2) is 12.1 Å². The Hall–Kier alpha value is -0.530. The number of benzene rings is 1. The van der Waals surface area contributed by atoms with Crippen molar-refractivity contribution in [1.29, 1.82) is 0 Å². The standard InChI is InChI=1S/C14H17ClINO3/c1-8-3-4-17(7-12(8)18)14(19)9-5-10(15)11(16)6-13(9)20-2/h5-6,8,12,18H,3-4,7H2,1-2H3. The van der Waals surface area contributed by atoms with Crippen molar-refractivity contribution >= 4 is 40.1 Å². The van der Waals surface area contributed by atoms with Crippen LogP contribution in [0.1, 0.15) is 23.7 Å². The topological polar surface area (TPSA) is 49.8 Å². The Balaban J connectivity index is 2.27. The maximum absolute atomic E-state index is 12.6. The SMILES string of the molecule is COc1cc(I)c(Cl)cc1C(=O)N1CCC(C)C(O)C1. The number of halogens is 2. The van der Waals surface area contributed by atoms with Gasteiger partial charge in [0.05, 0.1) is 23.8 Å². The minimum absolute atomic E-state index is 0.147. The van der Waals surface area contributed by atoms with Gasteiger partial charge in [-0.1, -0.05) is 18.5 Å². The van der Waals surface area contributed by atoms with Crippen LogP contribution in [-0.2, 0) is 0 Å². The Kier molecular flexibility index (Phi) is 5.14. The van der Waals surface area contributed by atoms with Crippen molar-refractivity contribution in [2.45, 2.75) is 19.4 Å². The van der Waals surface area contributed by atoms with Crippen LogP contribution in [0.2, 0.25) is 5.02 Å². The second kappa shape index (κ2) is 6.49. The lowest BCUT2D eigenvalue weighted by Gasteiger charge is -2.34. The quantitative estimate of drug-likeness (QED) is 0.764. The van der Waals surface area contributed by atoms with Gasteiger partial charge in [-0.2, -0.15) is 0 Å². The molecule has 0 bridgehead atoms. The fourth-order valence-corrected chi connectivity index (χ4v) is 2.87. The van der Waals surface area contributed by atoms with Gasteiger partial charge in [-0.25, -0.2) is 0 Å². The molecule has 1 saturated heterocycles. The van der Waals surface area contributed by atoms with Gasteiger partial charge >= 0.3 is 0 Å². The van der Waals surface area contributed by atoms with Gasteiger partial charge in [0, 0.05) is 16.7 Å². The van der Waals surface area contributed by atoms with Crippen molar-refractivity contribution in [1.82, 2.24) is 4.90 Å². The average molecular weight is 410 g/mol. The van der Waals surface area contributed by atoms with Crippen molar-refractivity contribution in [3.05, 3.63) is 26.3 Å². The number of methoxy groups -OCH3 is 1. The van der Waals surface area contributed by atoms with Crippen LogP contribution >= 0.6 is 34.2 Å². The fraction of sp³-hybridized carbons (Fsp3) is 0.500. The van der Waals surface area contributed by atoms with Crippen LogP contribution < -0.4 is 4.74 Å². The molecule has 0 aliphatic carbocycles. The highest BCUT2D eigenvalue weighted by atomic mass is 127. The minimum Gasteiger partial charge on any atom is -0.496 e. The zero-order chi connectivity index (χ0) is 14.9. The number of ether oxygens (including phenoxy) is 1. The third-order valence-corrected chi connectivity index (χ3v) is 5.20. The van der Waals surface area contributed by atoms with E-state index in [1.54, 1.807) is 17.0 Å². The lowest BCUT2D eigenvalue weighted by Crippen LogP contribution is -2.45. The van der Waals surface area contributed by atoms with Gasteiger partial charge in [0.1, 0.15) is 5.75 Å². The summed E-state index contributed by atoms with van der Waals surface area (Å²) in [7, 11) is 1.53. The summed E-state index contributed by atoms with van der Waals surface area (Å²) in [5.74, 6) is 0.587. The molecule has 0 spiro atoms. The van der Waals surface area contributed by atoms with Gasteiger partial charge in [0.25, 0.3) is 5.91 Å². The van der Waals surface area contributed by atoms with Crippen LogP contribution in [0.5, 0.6) is 5.75 Å². The first-order chi connectivity index (χ1) is 9.43. The van der Waals surface area contributed by atoms with Gasteiger partial charge in [0.2, 0.25) is 0 Å². The molecule has 1 aliphatic heterocycles. The van der Waals surface area contributed by atoms with E-state index in [0.29, 0.717) is 29.4 Å². The van der Waals surface area contributed by atoms with Gasteiger partial charge in [-0.05, 0) is 47.1 Å². The molecular formula is C14H17ClINO3. The first kappa shape index (κ1) is 15.9. The molecule has 6 heteroatoms. The number of hydrogen-bond donors (Lipinski definition) is 1. The van der Waals surface area contributed by atoms with Crippen molar-refractivity contribution < 1.29 is 14.6 Å². The zero-order valence-electron chi connectivity index (χ0n) is 11.4. The second-order valence-corrected chi connectivity index (χ2v) is 6.62. The van der Waals surface area contributed by atoms with Crippen LogP contribution in [0, 0.1) is 9.49 Å². The van der Waals surface area contributed by atoms with Crippen molar-refractivity contribution in [2.75, 3.05) is 20.2 Å². The van der Waals surface area contributed by atoms with Crippen LogP contribution in [0.4, 0.5) is 0 Å². The highest BCUT2D eigenvalue weighted by Gasteiger charge is 2.29. The Labute approximate surface area is 137 Å². The predicted molar refractivity (Wildman–Crippen MR) is 86.4 cm³/mol. The van der Waals surface area contributed by atoms with E-state index >= 15 is 0 Å². The summed E-state index contributed by atoms with van der Waals surface area (Å²) in [6.07, 6.45) is 0.325. The summed E-state index contributed by atoms with van der Waals surface area (Å²) in [5, 5.41) is 10.4. The van der Waals surface area contributed by atoms with Gasteiger partial charge < -0.3 is 14.7 Å². The van der Waals surface area contributed by atoms with Gasteiger partial charge in [-0.15, -0.1) is 0 Å². The van der Waals surface area contributed by atoms with E-state index in [9.17, 15) is 9.90 Å². The van der Waals surface area contributed by atoms with E-state index < -0.39 is 6.10 Å². The highest BCUT2D eigenvalue weighted by molar-refractivity contribution is 14.1. The van der Waals surface area contributed by atoms with Gasteiger partial charge in [0.15, 0.2) is 0 Å². The third kappa shape index (κ3) is 3.20. The maximum Gasteiger partial charge on any atom is 0.257 e. The van der Waals surface area contributed by atoms with E-state index in [1.807, 2.05) is 6.92 Å². The largest absolute Gasteiger partial charge is 0.496 e. The third-order valence-electron chi connectivity index (χ3n) is 3.68. The number of nitrogens with zero attached hydrogens (tertiary/aromatic N) is 1. The first-order valence-electron chi connectivity index (χ1n) is 6.44. The number of β-amino-alcohol motifs (C(OH)–C–C–N with tert-alkyl or cyclic N) is 1. The maximum atomic E-state index is 12.6. The molecule has 1 heterocycles. The molecule has 4 nitrogen and oxygen atoms in total. The molecule has 2 unspecified atom stereocenters. The number of aliphatic hydroxyl groups is 1. The molecule has 1 amide bonds. The molecule has 1 aromatic carbocycles. The summed E-state index contributed by atoms with van der Waals surface area (Å²) in [5.41, 5.74) is 0.444. The minimum atomic E-state index is -0.474. The monoisotopic (exact) mass is 409 g/mol. The molecule has 1 N–H and O–H groups in total. The molecule has 20 heavy (non-hydrogen) atoms. The van der Waals surface area contributed by atoms with E-state index in [0.717, 1.165) is 9.99 Å². The lowest BCUT2D eigenvalue weighted by molar-refractivity contribution is 0.0247. The molecule has 1 aliphatic rings. The number of aliphatic hydroxyl groups excluding tert-OH is 1. The van der Waals surface area contributed by atoms with Crippen molar-refractivity contribution in [3.8, 4) is 5.75 Å². The first-order valence-corrected chi connectivity index (χ1v) is 7.90. The van der Waals surface area contributed by atoms with E-state index in [4.69, 9.17) is 16.3 Å². The normalized spacial score (nSPS) is 22.8. The number of amides is 1. The molecule has 2 rings (SSSR count). The Morgan fingerprint density at radius 1 is 1.55 bits per heavy atom. The number of rotatable bonds is 2. The van der Waals surface area contributed by atoms with Crippen molar-refractivity contribution in [3.63, 3.8) is 0 Å². The summed E-state index contributed by atoms with van der Waals surface area (Å²) in [4.78, 5) is 14.2. The van der Waals surface area contributed by atoms with E-state index in [1.165, 1.54) is 7.11 Å². The Morgan fingerprint density at radius 2 is 2.25 bits per heavy atom. The predicted octanol–water partition coefficient (Wildman–Crippen LogP) is 2.80. The molecule has 0 radical (unpaired) electrons. The van der Waals surface area contributed by atoms with Gasteiger partial charge in [-0.3, -0.25) is 4.79 Å². The molecule has 110 valence electrons. The number of carbonyl (C=O) groups is 1. The molecule has 1 fully saturated rings. The smallest absolute Gasteiger partial charge is 0.257 e. The lowest BCUT2D eigenvalue weighted by atomic mass is 9.95. The highest BCUT2D eigenvalue weighted by Crippen LogP contribution is 2.30. The number of likely N-dealkylation sites (tertiary alicyclic amines) is 1. The summed E-state index contributed by atoms with van der Waals surface area (Å²) in [6.45, 7) is 2.99. The van der Waals surface area contributed by atoms with E-state index in [-0.39, 0.29) is 11.8 Å². The number of carbonyl (C=O) groups excluding carboxylic acids is 1. The summed E-state index contributed by atoms with van der Waals surface area (Å²) in [6, 6.07) is 3.38. The average Bonchev–Trinajstić information content (AvgIpc) is 2.43. The summed E-state index contributed by atoms with van der Waals surface area (Å²) >= 11 is 8.19. The Morgan fingerprint density at radius 3 is 2.85 bits per heavy atom. The summed E-state index contributed by atoms with van der Waals surface area (Å²) < 4.78 is 6.11. The van der Waals surface area contributed by atoms with Crippen molar-refractivity contribution in [2.24, 2.45) is 5.92 Å². The van der Waals surface area contributed by atoms with Crippen LogP contribution in [0.3, 0.4) is 0 Å². The number of piperidine rings is 1. The molecular weight excluding hydrogens is 393 g/mol. The van der Waals surface area contributed by atoms with E-state index in [2.05, 4.69) is 22.6 Å². The fourth-order valence-electron chi connectivity index (χ4n) is 2.27. The molecule has 0 aromatic heterocycles. The Bertz CT molecular complexity index is 523. The molecule has 1 aromatic rings.